The summed E-state index contributed by atoms with van der Waals surface area (Å²) in [5.74, 6) is 3.35. The summed E-state index contributed by atoms with van der Waals surface area (Å²) in [7, 11) is 0. The molecule has 2 saturated carbocycles. The van der Waals surface area contributed by atoms with E-state index in [1.165, 1.54) is 69.8 Å². The van der Waals surface area contributed by atoms with Crippen LogP contribution >= 0.6 is 0 Å². The van der Waals surface area contributed by atoms with Crippen LogP contribution in [0, 0.1) is 29.1 Å². The zero-order valence-corrected chi connectivity index (χ0v) is 15.8. The lowest BCUT2D eigenvalue weighted by atomic mass is 9.68. The highest BCUT2D eigenvalue weighted by Gasteiger charge is 2.30. The molecule has 3 rings (SSSR count). The topological polar surface area (TPSA) is 23.8 Å². The van der Waals surface area contributed by atoms with Crippen molar-refractivity contribution in [1.29, 1.82) is 5.26 Å². The molecule has 1 nitrogen and oxygen atoms in total. The van der Waals surface area contributed by atoms with Gasteiger partial charge in [-0.15, -0.1) is 0 Å². The van der Waals surface area contributed by atoms with Gasteiger partial charge in [-0.1, -0.05) is 43.7 Å². The molecule has 25 heavy (non-hydrogen) atoms. The standard InChI is InChI=1S/C24H33N/c1-2-4-19-6-10-21(11-7-19)23-14-16-24(17-15-23)22-12-8-20(9-13-22)5-3-18-25/h3,5-7,10-11,20,22-24H,2,4,8-9,12-17H2,1H3/b5-3+/t20?,22?,23-,24-. The lowest BCUT2D eigenvalue weighted by Crippen LogP contribution is -2.25. The van der Waals surface area contributed by atoms with Gasteiger partial charge in [-0.3, -0.25) is 0 Å². The van der Waals surface area contributed by atoms with Crippen LogP contribution in [0.1, 0.15) is 81.8 Å². The summed E-state index contributed by atoms with van der Waals surface area (Å²) in [4.78, 5) is 0. The summed E-state index contributed by atoms with van der Waals surface area (Å²) >= 11 is 0. The van der Waals surface area contributed by atoms with Gasteiger partial charge in [0.05, 0.1) is 6.07 Å². The van der Waals surface area contributed by atoms with Crippen LogP contribution in [-0.4, -0.2) is 0 Å². The van der Waals surface area contributed by atoms with E-state index in [-0.39, 0.29) is 0 Å². The van der Waals surface area contributed by atoms with E-state index in [1.807, 2.05) is 0 Å². The van der Waals surface area contributed by atoms with Gasteiger partial charge in [0.1, 0.15) is 0 Å². The SMILES string of the molecule is CCCc1ccc([C@H]2CC[C@H](C3CCC(/C=C/C#N)CC3)CC2)cc1. The monoisotopic (exact) mass is 335 g/mol. The van der Waals surface area contributed by atoms with Crippen molar-refractivity contribution in [3.8, 4) is 6.07 Å². The van der Waals surface area contributed by atoms with Gasteiger partial charge in [0, 0.05) is 6.08 Å². The van der Waals surface area contributed by atoms with E-state index >= 15 is 0 Å². The molecule has 2 aliphatic carbocycles. The molecule has 1 heteroatoms. The van der Waals surface area contributed by atoms with Crippen LogP contribution in [0.5, 0.6) is 0 Å². The fourth-order valence-corrected chi connectivity index (χ4v) is 5.16. The summed E-state index contributed by atoms with van der Waals surface area (Å²) in [6.07, 6.45) is 17.2. The number of hydrogen-bond acceptors (Lipinski definition) is 1. The number of nitriles is 1. The van der Waals surface area contributed by atoms with Crippen molar-refractivity contribution in [1.82, 2.24) is 0 Å². The van der Waals surface area contributed by atoms with Crippen molar-refractivity contribution in [2.75, 3.05) is 0 Å². The largest absolute Gasteiger partial charge is 0.193 e. The molecule has 0 unspecified atom stereocenters. The van der Waals surface area contributed by atoms with E-state index in [9.17, 15) is 0 Å². The minimum absolute atomic E-state index is 0.661. The van der Waals surface area contributed by atoms with Crippen molar-refractivity contribution in [3.05, 3.63) is 47.5 Å². The quantitative estimate of drug-likeness (QED) is 0.543. The number of hydrogen-bond donors (Lipinski definition) is 0. The second kappa shape index (κ2) is 9.23. The highest BCUT2D eigenvalue weighted by Crippen LogP contribution is 2.44. The molecule has 0 N–H and O–H groups in total. The molecule has 0 bridgehead atoms. The number of nitrogens with zero attached hydrogens (tertiary/aromatic N) is 1. The molecule has 0 aromatic heterocycles. The van der Waals surface area contributed by atoms with Crippen molar-refractivity contribution in [2.24, 2.45) is 17.8 Å². The summed E-state index contributed by atoms with van der Waals surface area (Å²) in [6, 6.07) is 11.6. The summed E-state index contributed by atoms with van der Waals surface area (Å²) < 4.78 is 0. The molecule has 0 spiro atoms. The van der Waals surface area contributed by atoms with Crippen molar-refractivity contribution in [2.45, 2.75) is 77.0 Å². The molecule has 1 aromatic rings. The maximum absolute atomic E-state index is 8.68. The van der Waals surface area contributed by atoms with Gasteiger partial charge in [-0.2, -0.15) is 5.26 Å². The van der Waals surface area contributed by atoms with Gasteiger partial charge in [0.25, 0.3) is 0 Å². The zero-order valence-electron chi connectivity index (χ0n) is 15.8. The third kappa shape index (κ3) is 4.97. The Hall–Kier alpha value is -1.55. The second-order valence-corrected chi connectivity index (χ2v) is 8.27. The van der Waals surface area contributed by atoms with E-state index in [2.05, 4.69) is 43.3 Å². The molecule has 2 fully saturated rings. The normalized spacial score (nSPS) is 30.2. The lowest BCUT2D eigenvalue weighted by molar-refractivity contribution is 0.171. The summed E-state index contributed by atoms with van der Waals surface area (Å²) in [6.45, 7) is 2.25. The number of rotatable bonds is 5. The van der Waals surface area contributed by atoms with E-state index < -0.39 is 0 Å². The van der Waals surface area contributed by atoms with Crippen LogP contribution < -0.4 is 0 Å². The van der Waals surface area contributed by atoms with Crippen molar-refractivity contribution < 1.29 is 0 Å². The molecule has 0 heterocycles. The Kier molecular flexibility index (Phi) is 6.74. The van der Waals surface area contributed by atoms with E-state index in [4.69, 9.17) is 5.26 Å². The number of aryl methyl sites for hydroxylation is 1. The van der Waals surface area contributed by atoms with Gasteiger partial charge >= 0.3 is 0 Å². The average molecular weight is 336 g/mol. The molecule has 0 saturated heterocycles. The van der Waals surface area contributed by atoms with Gasteiger partial charge in [-0.05, 0) is 92.6 Å². The van der Waals surface area contributed by atoms with Crippen molar-refractivity contribution >= 4 is 0 Å². The van der Waals surface area contributed by atoms with E-state index in [1.54, 1.807) is 11.6 Å². The van der Waals surface area contributed by atoms with Gasteiger partial charge in [-0.25, -0.2) is 0 Å². The molecule has 0 aliphatic heterocycles. The van der Waals surface area contributed by atoms with Gasteiger partial charge in [0.2, 0.25) is 0 Å². The molecule has 0 atom stereocenters. The van der Waals surface area contributed by atoms with E-state index in [0.29, 0.717) is 5.92 Å². The molecule has 2 aliphatic rings. The number of allylic oxidation sites excluding steroid dienone is 2. The molecule has 1 aromatic carbocycles. The first-order chi connectivity index (χ1) is 12.3. The predicted octanol–water partition coefficient (Wildman–Crippen LogP) is 6.80. The highest BCUT2D eigenvalue weighted by molar-refractivity contribution is 5.26. The Morgan fingerprint density at radius 1 is 0.920 bits per heavy atom. The third-order valence-corrected chi connectivity index (χ3v) is 6.69. The summed E-state index contributed by atoms with van der Waals surface area (Å²) in [5.41, 5.74) is 3.06. The van der Waals surface area contributed by atoms with Crippen molar-refractivity contribution in [3.63, 3.8) is 0 Å². The first-order valence-electron chi connectivity index (χ1n) is 10.4. The molecular weight excluding hydrogens is 302 g/mol. The first kappa shape index (κ1) is 18.2. The van der Waals surface area contributed by atoms with Gasteiger partial charge in [0.15, 0.2) is 0 Å². The number of benzene rings is 1. The fraction of sp³-hybridized carbons (Fsp3) is 0.625. The van der Waals surface area contributed by atoms with E-state index in [0.717, 1.165) is 17.8 Å². The zero-order chi connectivity index (χ0) is 17.5. The minimum Gasteiger partial charge on any atom is -0.193 e. The Morgan fingerprint density at radius 2 is 1.52 bits per heavy atom. The minimum atomic E-state index is 0.661. The molecular formula is C24H33N. The Bertz CT molecular complexity index is 576. The molecule has 134 valence electrons. The fourth-order valence-electron chi connectivity index (χ4n) is 5.16. The van der Waals surface area contributed by atoms with Crippen LogP contribution in [0.25, 0.3) is 0 Å². The maximum atomic E-state index is 8.68. The predicted molar refractivity (Wildman–Crippen MR) is 105 cm³/mol. The maximum Gasteiger partial charge on any atom is 0.0908 e. The Labute approximate surface area is 154 Å². The Morgan fingerprint density at radius 3 is 2.08 bits per heavy atom. The smallest absolute Gasteiger partial charge is 0.0908 e. The second-order valence-electron chi connectivity index (χ2n) is 8.27. The lowest BCUT2D eigenvalue weighted by Gasteiger charge is -2.37. The van der Waals surface area contributed by atoms with Crippen LogP contribution in [0.15, 0.2) is 36.4 Å². The van der Waals surface area contributed by atoms with Crippen LogP contribution in [0.2, 0.25) is 0 Å². The average Bonchev–Trinajstić information content (AvgIpc) is 2.68. The van der Waals surface area contributed by atoms with Crippen LogP contribution in [0.4, 0.5) is 0 Å². The van der Waals surface area contributed by atoms with Crippen LogP contribution in [0.3, 0.4) is 0 Å². The van der Waals surface area contributed by atoms with Gasteiger partial charge < -0.3 is 0 Å². The Balaban J connectivity index is 1.46. The highest BCUT2D eigenvalue weighted by atomic mass is 14.4. The van der Waals surface area contributed by atoms with Crippen LogP contribution in [-0.2, 0) is 6.42 Å². The summed E-state index contributed by atoms with van der Waals surface area (Å²) in [5, 5.41) is 8.68. The third-order valence-electron chi connectivity index (χ3n) is 6.69. The molecule has 0 radical (unpaired) electrons. The first-order valence-corrected chi connectivity index (χ1v) is 10.4. The molecule has 0 amide bonds.